The minimum absolute atomic E-state index is 0.200. The fraction of sp³-hybridized carbons (Fsp3) is 0.333. The first-order chi connectivity index (χ1) is 16.5. The summed E-state index contributed by atoms with van der Waals surface area (Å²) in [6, 6.07) is 16.9. The number of anilines is 1. The van der Waals surface area contributed by atoms with Gasteiger partial charge < -0.3 is 19.5 Å². The Hall–Kier alpha value is -3.61. The van der Waals surface area contributed by atoms with Crippen LogP contribution in [0.2, 0.25) is 0 Å². The molecule has 1 aromatic heterocycles. The number of ether oxygens (including phenoxy) is 1. The molecule has 0 aliphatic heterocycles. The molecule has 3 rings (SSSR count). The molecular formula is C27H32FN3O3. The van der Waals surface area contributed by atoms with Crippen LogP contribution in [0.1, 0.15) is 54.7 Å². The maximum atomic E-state index is 13.2. The molecule has 1 heterocycles. The van der Waals surface area contributed by atoms with Gasteiger partial charge in [0.2, 0.25) is 0 Å². The summed E-state index contributed by atoms with van der Waals surface area (Å²) in [7, 11) is 0. The summed E-state index contributed by atoms with van der Waals surface area (Å²) in [5.74, 6) is -0.644. The topological polar surface area (TPSA) is 63.6 Å². The zero-order chi connectivity index (χ0) is 24.3. The Bertz CT molecular complexity index is 1060. The van der Waals surface area contributed by atoms with Gasteiger partial charge in [-0.15, -0.1) is 0 Å². The van der Waals surface area contributed by atoms with Crippen LogP contribution in [-0.2, 0) is 17.8 Å². The predicted molar refractivity (Wildman–Crippen MR) is 131 cm³/mol. The molecule has 0 saturated heterocycles. The smallest absolute Gasteiger partial charge is 0.338 e. The number of halogens is 1. The van der Waals surface area contributed by atoms with E-state index in [0.29, 0.717) is 37.5 Å². The van der Waals surface area contributed by atoms with Crippen LogP contribution in [0.3, 0.4) is 0 Å². The third-order valence-corrected chi connectivity index (χ3v) is 5.51. The van der Waals surface area contributed by atoms with Crippen LogP contribution in [0.4, 0.5) is 14.9 Å². The van der Waals surface area contributed by atoms with Gasteiger partial charge in [-0.2, -0.15) is 0 Å². The molecule has 0 unspecified atom stereocenters. The first kappa shape index (κ1) is 25.0. The Morgan fingerprint density at radius 3 is 2.41 bits per heavy atom. The fourth-order valence-electron chi connectivity index (χ4n) is 3.64. The number of aromatic nitrogens is 1. The van der Waals surface area contributed by atoms with Crippen molar-refractivity contribution in [2.75, 3.05) is 18.5 Å². The molecule has 0 radical (unpaired) electrons. The van der Waals surface area contributed by atoms with Crippen molar-refractivity contribution < 1.29 is 18.7 Å². The molecule has 0 bridgehead atoms. The molecule has 3 aromatic rings. The standard InChI is InChI=1S/C27H32FN3O3/c1-3-5-6-17-31(27(33)29-24-15-11-22(12-16-24)26(32)34-4-2)20-25-8-7-18-30(25)19-21-9-13-23(28)14-10-21/h7-16,18H,3-6,17,19-20H2,1-2H3,(H,29,33). The predicted octanol–water partition coefficient (Wildman–Crippen LogP) is 6.08. The lowest BCUT2D eigenvalue weighted by molar-refractivity contribution is 0.0526. The first-order valence-electron chi connectivity index (χ1n) is 11.7. The summed E-state index contributed by atoms with van der Waals surface area (Å²) in [5, 5.41) is 2.94. The Morgan fingerprint density at radius 2 is 1.74 bits per heavy atom. The number of hydrogen-bond acceptors (Lipinski definition) is 3. The van der Waals surface area contributed by atoms with Crippen molar-refractivity contribution in [2.45, 2.75) is 46.2 Å². The molecule has 0 saturated carbocycles. The van der Waals surface area contributed by atoms with Gasteiger partial charge in [0, 0.05) is 30.7 Å². The number of esters is 1. The molecule has 34 heavy (non-hydrogen) atoms. The second-order valence-corrected chi connectivity index (χ2v) is 8.11. The van der Waals surface area contributed by atoms with Gasteiger partial charge >= 0.3 is 12.0 Å². The molecule has 0 spiro atoms. The van der Waals surface area contributed by atoms with Crippen LogP contribution >= 0.6 is 0 Å². The molecule has 2 amide bonds. The van der Waals surface area contributed by atoms with Crippen LogP contribution in [-0.4, -0.2) is 34.6 Å². The van der Waals surface area contributed by atoms with E-state index < -0.39 is 0 Å². The van der Waals surface area contributed by atoms with Gasteiger partial charge in [-0.05, 0) is 67.4 Å². The number of nitrogens with zero attached hydrogens (tertiary/aromatic N) is 2. The highest BCUT2D eigenvalue weighted by Gasteiger charge is 2.16. The van der Waals surface area contributed by atoms with E-state index in [1.165, 1.54) is 12.1 Å². The Labute approximate surface area is 200 Å². The van der Waals surface area contributed by atoms with Crippen molar-refractivity contribution >= 4 is 17.7 Å². The van der Waals surface area contributed by atoms with Crippen molar-refractivity contribution in [1.29, 1.82) is 0 Å². The number of carbonyl (C=O) groups excluding carboxylic acids is 2. The van der Waals surface area contributed by atoms with E-state index in [4.69, 9.17) is 4.74 Å². The quantitative estimate of drug-likeness (QED) is 0.276. The zero-order valence-electron chi connectivity index (χ0n) is 19.8. The molecule has 0 atom stereocenters. The van der Waals surface area contributed by atoms with Crippen molar-refractivity contribution in [2.24, 2.45) is 0 Å². The Balaban J connectivity index is 1.69. The van der Waals surface area contributed by atoms with E-state index in [-0.39, 0.29) is 17.8 Å². The molecule has 180 valence electrons. The van der Waals surface area contributed by atoms with Crippen molar-refractivity contribution in [3.05, 3.63) is 89.5 Å². The fourth-order valence-corrected chi connectivity index (χ4v) is 3.64. The Kier molecular flexibility index (Phi) is 9.26. The minimum atomic E-state index is -0.386. The highest BCUT2D eigenvalue weighted by atomic mass is 19.1. The second-order valence-electron chi connectivity index (χ2n) is 8.11. The van der Waals surface area contributed by atoms with Gasteiger partial charge in [0.15, 0.2) is 0 Å². The Morgan fingerprint density at radius 1 is 1.00 bits per heavy atom. The van der Waals surface area contributed by atoms with Crippen LogP contribution in [0.5, 0.6) is 0 Å². The van der Waals surface area contributed by atoms with Crippen molar-refractivity contribution in [3.8, 4) is 0 Å². The van der Waals surface area contributed by atoms with E-state index in [2.05, 4.69) is 16.8 Å². The third-order valence-electron chi connectivity index (χ3n) is 5.51. The zero-order valence-corrected chi connectivity index (χ0v) is 19.8. The van der Waals surface area contributed by atoms with Crippen LogP contribution in [0, 0.1) is 5.82 Å². The van der Waals surface area contributed by atoms with Gasteiger partial charge in [-0.3, -0.25) is 0 Å². The average molecular weight is 466 g/mol. The van der Waals surface area contributed by atoms with Gasteiger partial charge in [0.05, 0.1) is 18.7 Å². The molecule has 0 aliphatic carbocycles. The lowest BCUT2D eigenvalue weighted by atomic mass is 10.2. The summed E-state index contributed by atoms with van der Waals surface area (Å²) < 4.78 is 20.3. The van der Waals surface area contributed by atoms with Crippen LogP contribution in [0.25, 0.3) is 0 Å². The molecule has 6 nitrogen and oxygen atoms in total. The molecule has 2 aromatic carbocycles. The van der Waals surface area contributed by atoms with Gasteiger partial charge in [0.25, 0.3) is 0 Å². The summed E-state index contributed by atoms with van der Waals surface area (Å²) in [6.07, 6.45) is 4.97. The van der Waals surface area contributed by atoms with E-state index in [1.807, 2.05) is 18.3 Å². The van der Waals surface area contributed by atoms with E-state index >= 15 is 0 Å². The molecule has 0 fully saturated rings. The number of urea groups is 1. The van der Waals surface area contributed by atoms with Gasteiger partial charge in [0.1, 0.15) is 5.82 Å². The number of carbonyl (C=O) groups is 2. The lowest BCUT2D eigenvalue weighted by Crippen LogP contribution is -2.36. The third kappa shape index (κ3) is 7.20. The maximum absolute atomic E-state index is 13.2. The molecule has 1 N–H and O–H groups in total. The number of hydrogen-bond donors (Lipinski definition) is 1. The van der Waals surface area contributed by atoms with E-state index in [1.54, 1.807) is 48.2 Å². The van der Waals surface area contributed by atoms with E-state index in [9.17, 15) is 14.0 Å². The van der Waals surface area contributed by atoms with Crippen LogP contribution < -0.4 is 5.32 Å². The normalized spacial score (nSPS) is 10.7. The van der Waals surface area contributed by atoms with Crippen molar-refractivity contribution in [3.63, 3.8) is 0 Å². The highest BCUT2D eigenvalue weighted by Crippen LogP contribution is 2.15. The summed E-state index contributed by atoms with van der Waals surface area (Å²) in [5.41, 5.74) is 3.04. The maximum Gasteiger partial charge on any atom is 0.338 e. The van der Waals surface area contributed by atoms with Crippen molar-refractivity contribution in [1.82, 2.24) is 9.47 Å². The lowest BCUT2D eigenvalue weighted by Gasteiger charge is -2.24. The largest absolute Gasteiger partial charge is 0.462 e. The number of benzene rings is 2. The van der Waals surface area contributed by atoms with Gasteiger partial charge in [-0.1, -0.05) is 31.9 Å². The minimum Gasteiger partial charge on any atom is -0.462 e. The monoisotopic (exact) mass is 465 g/mol. The van der Waals surface area contributed by atoms with Crippen LogP contribution in [0.15, 0.2) is 66.9 Å². The second kappa shape index (κ2) is 12.6. The average Bonchev–Trinajstić information content (AvgIpc) is 3.27. The summed E-state index contributed by atoms with van der Waals surface area (Å²) >= 11 is 0. The number of unbranched alkanes of at least 4 members (excludes halogenated alkanes) is 2. The molecule has 0 aliphatic rings. The van der Waals surface area contributed by atoms with Gasteiger partial charge in [-0.25, -0.2) is 14.0 Å². The number of nitrogens with one attached hydrogen (secondary N) is 1. The summed E-state index contributed by atoms with van der Waals surface area (Å²) in [6.45, 7) is 5.88. The highest BCUT2D eigenvalue weighted by molar-refractivity contribution is 5.92. The number of amides is 2. The molecule has 7 heteroatoms. The first-order valence-corrected chi connectivity index (χ1v) is 11.7. The molecular weight excluding hydrogens is 433 g/mol. The summed E-state index contributed by atoms with van der Waals surface area (Å²) in [4.78, 5) is 26.8. The number of rotatable bonds is 11. The van der Waals surface area contributed by atoms with E-state index in [0.717, 1.165) is 30.5 Å². The SMILES string of the molecule is CCCCCN(Cc1cccn1Cc1ccc(F)cc1)C(=O)Nc1ccc(C(=O)OCC)cc1.